The molecule has 0 saturated carbocycles. The third-order valence-corrected chi connectivity index (χ3v) is 5.60. The zero-order chi connectivity index (χ0) is 21.5. The maximum Gasteiger partial charge on any atom is 0.236 e. The fourth-order valence-electron chi connectivity index (χ4n) is 2.57. The Bertz CT molecular complexity index is 1020. The average Bonchev–Trinajstić information content (AvgIpc) is 3.32. The molecule has 0 spiro atoms. The van der Waals surface area contributed by atoms with E-state index in [1.54, 1.807) is 19.3 Å². The smallest absolute Gasteiger partial charge is 0.236 e. The lowest BCUT2D eigenvalue weighted by molar-refractivity contribution is -0.113. The number of carbonyl (C=O) groups is 1. The van der Waals surface area contributed by atoms with Crippen molar-refractivity contribution in [2.24, 2.45) is 0 Å². The largest absolute Gasteiger partial charge is 0.497 e. The standard InChI is InChI=1S/C19H22N6O3S2/c1-5-9-25-17(12(2)28-15-8-6-7-14(10-15)27-4)22-24-19(25)29-11-16(26)20-18-23-21-13(3)30-18/h5-8,10,12H,1,9,11H2,2-4H3,(H,20,23,26). The zero-order valence-electron chi connectivity index (χ0n) is 16.9. The Morgan fingerprint density at radius 1 is 1.33 bits per heavy atom. The van der Waals surface area contributed by atoms with Gasteiger partial charge in [-0.2, -0.15) is 0 Å². The van der Waals surface area contributed by atoms with Crippen molar-refractivity contribution in [2.75, 3.05) is 18.2 Å². The molecule has 9 nitrogen and oxygen atoms in total. The van der Waals surface area contributed by atoms with E-state index in [0.717, 1.165) is 5.01 Å². The van der Waals surface area contributed by atoms with Crippen LogP contribution in [0.2, 0.25) is 0 Å². The van der Waals surface area contributed by atoms with Gasteiger partial charge in [0.15, 0.2) is 17.1 Å². The Labute approximate surface area is 182 Å². The van der Waals surface area contributed by atoms with Gasteiger partial charge in [0.1, 0.15) is 16.5 Å². The monoisotopic (exact) mass is 446 g/mol. The highest BCUT2D eigenvalue weighted by atomic mass is 32.2. The minimum absolute atomic E-state index is 0.166. The van der Waals surface area contributed by atoms with E-state index in [0.29, 0.717) is 34.2 Å². The predicted molar refractivity (Wildman–Crippen MR) is 116 cm³/mol. The van der Waals surface area contributed by atoms with Gasteiger partial charge in [0.2, 0.25) is 11.0 Å². The van der Waals surface area contributed by atoms with Crippen LogP contribution in [0.4, 0.5) is 5.13 Å². The van der Waals surface area contributed by atoms with Gasteiger partial charge in [-0.05, 0) is 26.0 Å². The summed E-state index contributed by atoms with van der Waals surface area (Å²) in [5.41, 5.74) is 0. The Hall–Kier alpha value is -2.92. The lowest BCUT2D eigenvalue weighted by Crippen LogP contribution is -2.15. The number of ether oxygens (including phenoxy) is 2. The number of hydrogen-bond donors (Lipinski definition) is 1. The van der Waals surface area contributed by atoms with Gasteiger partial charge in [-0.15, -0.1) is 27.0 Å². The maximum absolute atomic E-state index is 12.2. The van der Waals surface area contributed by atoms with Gasteiger partial charge in [0.05, 0.1) is 12.9 Å². The highest BCUT2D eigenvalue weighted by Gasteiger charge is 2.20. The van der Waals surface area contributed by atoms with E-state index < -0.39 is 0 Å². The molecule has 0 aliphatic carbocycles. The van der Waals surface area contributed by atoms with E-state index in [1.165, 1.54) is 23.1 Å². The summed E-state index contributed by atoms with van der Waals surface area (Å²) >= 11 is 2.61. The summed E-state index contributed by atoms with van der Waals surface area (Å²) in [5.74, 6) is 1.99. The van der Waals surface area contributed by atoms with Crippen LogP contribution in [0.1, 0.15) is 23.9 Å². The lowest BCUT2D eigenvalue weighted by Gasteiger charge is -2.16. The number of thioether (sulfide) groups is 1. The van der Waals surface area contributed by atoms with Crippen molar-refractivity contribution in [2.45, 2.75) is 31.7 Å². The van der Waals surface area contributed by atoms with E-state index in [-0.39, 0.29) is 17.8 Å². The van der Waals surface area contributed by atoms with Crippen LogP contribution in [0.15, 0.2) is 42.1 Å². The molecule has 3 rings (SSSR count). The topological polar surface area (TPSA) is 104 Å². The van der Waals surface area contributed by atoms with Crippen LogP contribution in [-0.4, -0.2) is 43.7 Å². The van der Waals surface area contributed by atoms with Crippen molar-refractivity contribution in [3.63, 3.8) is 0 Å². The van der Waals surface area contributed by atoms with Gasteiger partial charge in [0, 0.05) is 12.6 Å². The lowest BCUT2D eigenvalue weighted by atomic mass is 10.3. The van der Waals surface area contributed by atoms with Crippen LogP contribution in [0.3, 0.4) is 0 Å². The number of anilines is 1. The van der Waals surface area contributed by atoms with Gasteiger partial charge >= 0.3 is 0 Å². The summed E-state index contributed by atoms with van der Waals surface area (Å²) in [7, 11) is 1.61. The molecule has 158 valence electrons. The third kappa shape index (κ3) is 5.57. The zero-order valence-corrected chi connectivity index (χ0v) is 18.5. The number of amides is 1. The van der Waals surface area contributed by atoms with Crippen molar-refractivity contribution in [3.8, 4) is 11.5 Å². The molecule has 0 bridgehead atoms. The molecule has 2 aromatic heterocycles. The van der Waals surface area contributed by atoms with Gasteiger partial charge in [-0.3, -0.25) is 14.7 Å². The normalized spacial score (nSPS) is 11.7. The third-order valence-electron chi connectivity index (χ3n) is 3.88. The number of aryl methyl sites for hydroxylation is 1. The van der Waals surface area contributed by atoms with Gasteiger partial charge in [-0.25, -0.2) is 0 Å². The molecule has 3 aromatic rings. The van der Waals surface area contributed by atoms with Crippen molar-refractivity contribution < 1.29 is 14.3 Å². The number of carbonyl (C=O) groups excluding carboxylic acids is 1. The molecule has 0 fully saturated rings. The first kappa shape index (κ1) is 21.8. The number of rotatable bonds is 10. The van der Waals surface area contributed by atoms with Crippen molar-refractivity contribution in [1.29, 1.82) is 0 Å². The summed E-state index contributed by atoms with van der Waals surface area (Å²) in [6, 6.07) is 7.36. The van der Waals surface area contributed by atoms with Crippen LogP contribution in [0.25, 0.3) is 0 Å². The molecule has 11 heteroatoms. The molecule has 0 aliphatic rings. The van der Waals surface area contributed by atoms with Crippen LogP contribution in [0, 0.1) is 6.92 Å². The molecular formula is C19H22N6O3S2. The number of benzene rings is 1. The average molecular weight is 447 g/mol. The first-order valence-corrected chi connectivity index (χ1v) is 10.9. The van der Waals surface area contributed by atoms with E-state index in [2.05, 4.69) is 32.3 Å². The molecule has 1 atom stereocenters. The SMILES string of the molecule is C=CCn1c(SCC(=O)Nc2nnc(C)s2)nnc1C(C)Oc1cccc(OC)c1. The molecule has 0 aliphatic heterocycles. The number of methoxy groups -OCH3 is 1. The highest BCUT2D eigenvalue weighted by molar-refractivity contribution is 7.99. The van der Waals surface area contributed by atoms with Crippen molar-refractivity contribution in [3.05, 3.63) is 47.8 Å². The molecule has 30 heavy (non-hydrogen) atoms. The number of nitrogens with one attached hydrogen (secondary N) is 1. The fourth-order valence-corrected chi connectivity index (χ4v) is 3.93. The van der Waals surface area contributed by atoms with E-state index >= 15 is 0 Å². The molecule has 1 unspecified atom stereocenters. The molecular weight excluding hydrogens is 424 g/mol. The van der Waals surface area contributed by atoms with E-state index in [1.807, 2.05) is 36.6 Å². The number of hydrogen-bond acceptors (Lipinski definition) is 9. The van der Waals surface area contributed by atoms with Crippen molar-refractivity contribution >= 4 is 34.1 Å². The molecule has 0 radical (unpaired) electrons. The summed E-state index contributed by atoms with van der Waals surface area (Å²) < 4.78 is 13.1. The molecule has 1 aromatic carbocycles. The van der Waals surface area contributed by atoms with Gasteiger partial charge < -0.3 is 9.47 Å². The van der Waals surface area contributed by atoms with Crippen LogP contribution in [-0.2, 0) is 11.3 Å². The van der Waals surface area contributed by atoms with Crippen LogP contribution >= 0.6 is 23.1 Å². The summed E-state index contributed by atoms with van der Waals surface area (Å²) in [6.45, 7) is 8.02. The Morgan fingerprint density at radius 2 is 2.13 bits per heavy atom. The number of allylic oxidation sites excluding steroid dienone is 1. The van der Waals surface area contributed by atoms with Gasteiger partial charge in [-0.1, -0.05) is 35.2 Å². The number of nitrogens with zero attached hydrogens (tertiary/aromatic N) is 5. The Balaban J connectivity index is 1.67. The minimum atomic E-state index is -0.364. The number of aromatic nitrogens is 5. The first-order chi connectivity index (χ1) is 14.5. The second-order valence-corrected chi connectivity index (χ2v) is 8.27. The van der Waals surface area contributed by atoms with Gasteiger partial charge in [0.25, 0.3) is 0 Å². The van der Waals surface area contributed by atoms with E-state index in [4.69, 9.17) is 9.47 Å². The second-order valence-electron chi connectivity index (χ2n) is 6.14. The minimum Gasteiger partial charge on any atom is -0.497 e. The van der Waals surface area contributed by atoms with E-state index in [9.17, 15) is 4.79 Å². The van der Waals surface area contributed by atoms with Crippen LogP contribution < -0.4 is 14.8 Å². The van der Waals surface area contributed by atoms with Crippen LogP contribution in [0.5, 0.6) is 11.5 Å². The molecule has 1 amide bonds. The maximum atomic E-state index is 12.2. The Kier molecular flexibility index (Phi) is 7.41. The fraction of sp³-hybridized carbons (Fsp3) is 0.316. The molecule has 0 saturated heterocycles. The highest BCUT2D eigenvalue weighted by Crippen LogP contribution is 2.27. The second kappa shape index (κ2) is 10.2. The molecule has 2 heterocycles. The quantitative estimate of drug-likeness (QED) is 0.373. The summed E-state index contributed by atoms with van der Waals surface area (Å²) in [4.78, 5) is 12.2. The first-order valence-electron chi connectivity index (χ1n) is 9.07. The predicted octanol–water partition coefficient (Wildman–Crippen LogP) is 3.50. The molecule has 1 N–H and O–H groups in total. The van der Waals surface area contributed by atoms with Crippen molar-refractivity contribution in [1.82, 2.24) is 25.0 Å². The summed E-state index contributed by atoms with van der Waals surface area (Å²) in [5, 5.41) is 20.9. The summed E-state index contributed by atoms with van der Waals surface area (Å²) in [6.07, 6.45) is 1.39. The Morgan fingerprint density at radius 3 is 2.83 bits per heavy atom.